The maximum atomic E-state index is 11.9. The SMILES string of the molecule is CC(C1C[C@H](O)C(=O)NC/C=C/CCCCC(=O)O1)[C@@H](C)O. The molecule has 126 valence electrons. The number of rotatable bonds is 2. The minimum atomic E-state index is -1.27. The molecule has 1 heterocycles. The lowest BCUT2D eigenvalue weighted by molar-refractivity contribution is -0.157. The number of hydrogen-bond donors (Lipinski definition) is 3. The number of cyclic esters (lactones) is 1. The van der Waals surface area contributed by atoms with E-state index in [1.165, 1.54) is 0 Å². The first kappa shape index (κ1) is 18.6. The lowest BCUT2D eigenvalue weighted by Crippen LogP contribution is -2.41. The topological polar surface area (TPSA) is 95.9 Å². The maximum Gasteiger partial charge on any atom is 0.306 e. The van der Waals surface area contributed by atoms with Crippen molar-refractivity contribution in [2.45, 2.75) is 64.3 Å². The number of ether oxygens (including phenoxy) is 1. The molecule has 0 saturated carbocycles. The summed E-state index contributed by atoms with van der Waals surface area (Å²) in [7, 11) is 0. The quantitative estimate of drug-likeness (QED) is 0.520. The number of aliphatic hydroxyl groups is 2. The van der Waals surface area contributed by atoms with Crippen LogP contribution in [-0.4, -0.2) is 46.9 Å². The highest BCUT2D eigenvalue weighted by molar-refractivity contribution is 5.80. The summed E-state index contributed by atoms with van der Waals surface area (Å²) in [5, 5.41) is 22.3. The first-order valence-electron chi connectivity index (χ1n) is 7.90. The third kappa shape index (κ3) is 6.58. The summed E-state index contributed by atoms with van der Waals surface area (Å²) in [5.74, 6) is -1.22. The van der Waals surface area contributed by atoms with E-state index in [-0.39, 0.29) is 18.3 Å². The van der Waals surface area contributed by atoms with Crippen molar-refractivity contribution in [1.29, 1.82) is 0 Å². The largest absolute Gasteiger partial charge is 0.462 e. The molecule has 0 bridgehead atoms. The van der Waals surface area contributed by atoms with Crippen molar-refractivity contribution in [3.05, 3.63) is 12.2 Å². The number of esters is 1. The third-order valence-corrected chi connectivity index (χ3v) is 3.95. The van der Waals surface area contributed by atoms with Crippen LogP contribution >= 0.6 is 0 Å². The van der Waals surface area contributed by atoms with E-state index >= 15 is 0 Å². The van der Waals surface area contributed by atoms with Crippen molar-refractivity contribution < 1.29 is 24.5 Å². The Bertz CT molecular complexity index is 394. The summed E-state index contributed by atoms with van der Waals surface area (Å²) in [4.78, 5) is 23.7. The van der Waals surface area contributed by atoms with Gasteiger partial charge in [0.2, 0.25) is 5.91 Å². The third-order valence-electron chi connectivity index (χ3n) is 3.95. The molecule has 1 amide bonds. The highest BCUT2D eigenvalue weighted by Crippen LogP contribution is 2.19. The lowest BCUT2D eigenvalue weighted by atomic mass is 9.94. The first-order chi connectivity index (χ1) is 10.4. The number of carbonyl (C=O) groups is 2. The second-order valence-corrected chi connectivity index (χ2v) is 5.84. The average Bonchev–Trinajstić information content (AvgIpc) is 2.47. The fraction of sp³-hybridized carbons (Fsp3) is 0.750. The van der Waals surface area contributed by atoms with Crippen LogP contribution in [0, 0.1) is 5.92 Å². The molecule has 0 saturated heterocycles. The molecule has 1 aliphatic rings. The summed E-state index contributed by atoms with van der Waals surface area (Å²) in [5.41, 5.74) is 0. The summed E-state index contributed by atoms with van der Waals surface area (Å²) in [6.07, 6.45) is 3.85. The first-order valence-corrected chi connectivity index (χ1v) is 7.90. The van der Waals surface area contributed by atoms with Crippen LogP contribution in [0.5, 0.6) is 0 Å². The van der Waals surface area contributed by atoms with Gasteiger partial charge in [-0.05, 0) is 26.2 Å². The van der Waals surface area contributed by atoms with Gasteiger partial charge < -0.3 is 20.3 Å². The highest BCUT2D eigenvalue weighted by Gasteiger charge is 2.30. The van der Waals surface area contributed by atoms with Crippen molar-refractivity contribution in [3.63, 3.8) is 0 Å². The molecule has 0 aromatic heterocycles. The summed E-state index contributed by atoms with van der Waals surface area (Å²) >= 11 is 0. The normalized spacial score (nSPS) is 29.6. The van der Waals surface area contributed by atoms with E-state index in [4.69, 9.17) is 4.74 Å². The highest BCUT2D eigenvalue weighted by atomic mass is 16.5. The lowest BCUT2D eigenvalue weighted by Gasteiger charge is -2.27. The molecule has 1 aliphatic heterocycles. The number of carbonyl (C=O) groups excluding carboxylic acids is 2. The van der Waals surface area contributed by atoms with Crippen molar-refractivity contribution in [2.75, 3.05) is 6.54 Å². The van der Waals surface area contributed by atoms with Gasteiger partial charge in [0.25, 0.3) is 0 Å². The van der Waals surface area contributed by atoms with Gasteiger partial charge in [0.1, 0.15) is 12.2 Å². The molecule has 6 nitrogen and oxygen atoms in total. The Hall–Kier alpha value is -1.40. The van der Waals surface area contributed by atoms with Crippen LogP contribution in [0.3, 0.4) is 0 Å². The van der Waals surface area contributed by atoms with Crippen LogP contribution in [0.2, 0.25) is 0 Å². The molecular weight excluding hydrogens is 286 g/mol. The van der Waals surface area contributed by atoms with E-state index in [1.807, 2.05) is 12.2 Å². The standard InChI is InChI=1S/C16H27NO5/c1-11(12(2)18)14-10-13(19)16(21)17-9-7-5-3-4-6-8-15(20)22-14/h5,7,11-14,18-19H,3-4,6,8-10H2,1-2H3,(H,17,21)/b7-5+/t11?,12-,13+,14?/m1/s1. The zero-order valence-electron chi connectivity index (χ0n) is 13.3. The van der Waals surface area contributed by atoms with E-state index in [0.29, 0.717) is 13.0 Å². The fourth-order valence-electron chi connectivity index (χ4n) is 2.25. The Morgan fingerprint density at radius 1 is 1.27 bits per heavy atom. The van der Waals surface area contributed by atoms with Crippen LogP contribution in [0.15, 0.2) is 12.2 Å². The van der Waals surface area contributed by atoms with Crippen molar-refractivity contribution >= 4 is 11.9 Å². The molecule has 6 heteroatoms. The number of amides is 1. The van der Waals surface area contributed by atoms with E-state index < -0.39 is 24.2 Å². The van der Waals surface area contributed by atoms with Crippen LogP contribution in [-0.2, 0) is 14.3 Å². The molecule has 0 aliphatic carbocycles. The minimum absolute atomic E-state index is 0.0205. The molecule has 0 spiro atoms. The Balaban J connectivity index is 2.78. The van der Waals surface area contributed by atoms with Crippen LogP contribution in [0.1, 0.15) is 46.0 Å². The molecule has 4 atom stereocenters. The van der Waals surface area contributed by atoms with Gasteiger partial charge in [-0.3, -0.25) is 9.59 Å². The Labute approximate surface area is 131 Å². The van der Waals surface area contributed by atoms with Crippen molar-refractivity contribution in [2.24, 2.45) is 5.92 Å². The van der Waals surface area contributed by atoms with Crippen LogP contribution in [0.4, 0.5) is 0 Å². The zero-order valence-corrected chi connectivity index (χ0v) is 13.3. The van der Waals surface area contributed by atoms with Gasteiger partial charge in [-0.15, -0.1) is 0 Å². The molecular formula is C16H27NO5. The van der Waals surface area contributed by atoms with E-state index in [9.17, 15) is 19.8 Å². The van der Waals surface area contributed by atoms with Crippen molar-refractivity contribution in [3.8, 4) is 0 Å². The van der Waals surface area contributed by atoms with Crippen LogP contribution in [0.25, 0.3) is 0 Å². The Kier molecular flexibility index (Phi) is 8.12. The fourth-order valence-corrected chi connectivity index (χ4v) is 2.25. The van der Waals surface area contributed by atoms with Gasteiger partial charge in [0, 0.05) is 25.3 Å². The summed E-state index contributed by atoms with van der Waals surface area (Å²) < 4.78 is 5.38. The van der Waals surface area contributed by atoms with Gasteiger partial charge in [0.05, 0.1) is 6.10 Å². The number of allylic oxidation sites excluding steroid dienone is 1. The molecule has 0 aromatic rings. The predicted molar refractivity (Wildman–Crippen MR) is 82.0 cm³/mol. The maximum absolute atomic E-state index is 11.9. The number of aliphatic hydroxyl groups excluding tert-OH is 2. The summed E-state index contributed by atoms with van der Waals surface area (Å²) in [6, 6.07) is 0. The van der Waals surface area contributed by atoms with E-state index in [2.05, 4.69) is 5.32 Å². The molecule has 22 heavy (non-hydrogen) atoms. The van der Waals surface area contributed by atoms with E-state index in [0.717, 1.165) is 19.3 Å². The average molecular weight is 313 g/mol. The number of hydrogen-bond acceptors (Lipinski definition) is 5. The molecule has 3 N–H and O–H groups in total. The van der Waals surface area contributed by atoms with Gasteiger partial charge in [0.15, 0.2) is 0 Å². The molecule has 1 rings (SSSR count). The molecule has 2 unspecified atom stereocenters. The minimum Gasteiger partial charge on any atom is -0.462 e. The molecule has 0 aromatic carbocycles. The molecule has 0 radical (unpaired) electrons. The van der Waals surface area contributed by atoms with Gasteiger partial charge in [-0.25, -0.2) is 0 Å². The van der Waals surface area contributed by atoms with Gasteiger partial charge in [-0.1, -0.05) is 19.1 Å². The second-order valence-electron chi connectivity index (χ2n) is 5.84. The Morgan fingerprint density at radius 3 is 2.68 bits per heavy atom. The number of nitrogens with one attached hydrogen (secondary N) is 1. The van der Waals surface area contributed by atoms with Crippen molar-refractivity contribution in [1.82, 2.24) is 5.32 Å². The monoisotopic (exact) mass is 313 g/mol. The van der Waals surface area contributed by atoms with E-state index in [1.54, 1.807) is 13.8 Å². The Morgan fingerprint density at radius 2 is 2.00 bits per heavy atom. The smallest absolute Gasteiger partial charge is 0.306 e. The van der Waals surface area contributed by atoms with Gasteiger partial charge in [-0.2, -0.15) is 0 Å². The second kappa shape index (κ2) is 9.58. The van der Waals surface area contributed by atoms with Gasteiger partial charge >= 0.3 is 5.97 Å². The molecule has 0 fully saturated rings. The zero-order chi connectivity index (χ0) is 16.5. The van der Waals surface area contributed by atoms with Crippen LogP contribution < -0.4 is 5.32 Å². The summed E-state index contributed by atoms with van der Waals surface area (Å²) in [6.45, 7) is 3.70. The predicted octanol–water partition coefficient (Wildman–Crippen LogP) is 0.912.